The zero-order chi connectivity index (χ0) is 8.15. The summed E-state index contributed by atoms with van der Waals surface area (Å²) >= 11 is 10.3. The lowest BCUT2D eigenvalue weighted by molar-refractivity contribution is 1.32. The molecule has 58 valence electrons. The van der Waals surface area contributed by atoms with Crippen molar-refractivity contribution >= 4 is 38.9 Å². The maximum Gasteiger partial charge on any atom is 0.184 e. The summed E-state index contributed by atoms with van der Waals surface area (Å²) in [6.07, 6.45) is 0. The van der Waals surface area contributed by atoms with Crippen molar-refractivity contribution in [1.29, 1.82) is 0 Å². The van der Waals surface area contributed by atoms with Gasteiger partial charge in [0, 0.05) is 4.88 Å². The van der Waals surface area contributed by atoms with E-state index in [1.165, 1.54) is 11.3 Å². The number of aryl methyl sites for hydroxylation is 1. The highest BCUT2D eigenvalue weighted by atomic mass is 79.9. The van der Waals surface area contributed by atoms with E-state index in [2.05, 4.69) is 20.9 Å². The van der Waals surface area contributed by atoms with E-state index in [1.54, 1.807) is 0 Å². The molecule has 0 spiro atoms. The molecule has 0 radical (unpaired) electrons. The Morgan fingerprint density at radius 3 is 2.10 bits per heavy atom. The van der Waals surface area contributed by atoms with Crippen molar-refractivity contribution in [2.45, 2.75) is 20.8 Å². The Hall–Kier alpha value is 0.400. The molecule has 0 N–H and O–H groups in total. The van der Waals surface area contributed by atoms with Crippen LogP contribution in [0.25, 0.3) is 0 Å². The molecule has 1 rings (SSSR count). The second-order valence-corrected chi connectivity index (χ2v) is 3.85. The van der Waals surface area contributed by atoms with Gasteiger partial charge in [-0.15, -0.1) is 11.3 Å². The van der Waals surface area contributed by atoms with Crippen molar-refractivity contribution in [2.24, 2.45) is 0 Å². The first-order valence-corrected chi connectivity index (χ1v) is 4.97. The maximum atomic E-state index is 5.54. The van der Waals surface area contributed by atoms with Crippen LogP contribution in [0.5, 0.6) is 0 Å². The van der Waals surface area contributed by atoms with E-state index < -0.39 is 0 Å². The van der Waals surface area contributed by atoms with E-state index in [-0.39, 0.29) is 0 Å². The van der Waals surface area contributed by atoms with Crippen molar-refractivity contribution in [3.05, 3.63) is 13.9 Å². The normalized spacial score (nSPS) is 8.50. The van der Waals surface area contributed by atoms with Crippen molar-refractivity contribution in [1.82, 2.24) is 4.98 Å². The summed E-state index contributed by atoms with van der Waals surface area (Å²) in [6, 6.07) is 0. The Kier molecular flexibility index (Phi) is 5.31. The van der Waals surface area contributed by atoms with Gasteiger partial charge in [0.25, 0.3) is 0 Å². The number of halogens is 2. The molecule has 0 saturated carbocycles. The van der Waals surface area contributed by atoms with Crippen LogP contribution in [0.1, 0.15) is 18.7 Å². The topological polar surface area (TPSA) is 12.9 Å². The standard InChI is InChI=1S/C4H3BrClNS.C2H6/c1-2-3(5)7-4(6)8-2;1-2/h1H3;1-2H3. The van der Waals surface area contributed by atoms with Crippen LogP contribution in [0.15, 0.2) is 4.60 Å². The van der Waals surface area contributed by atoms with Crippen molar-refractivity contribution in [2.75, 3.05) is 0 Å². The van der Waals surface area contributed by atoms with Gasteiger partial charge in [0.15, 0.2) is 4.47 Å². The maximum absolute atomic E-state index is 5.54. The van der Waals surface area contributed by atoms with Gasteiger partial charge in [0.2, 0.25) is 0 Å². The highest BCUT2D eigenvalue weighted by Gasteiger charge is 1.99. The fraction of sp³-hybridized carbons (Fsp3) is 0.500. The fourth-order valence-electron chi connectivity index (χ4n) is 0.347. The molecule has 1 nitrogen and oxygen atoms in total. The minimum atomic E-state index is 0.592. The SMILES string of the molecule is CC.Cc1sc(Cl)nc1Br. The first-order valence-electron chi connectivity index (χ1n) is 2.98. The van der Waals surface area contributed by atoms with E-state index in [9.17, 15) is 0 Å². The van der Waals surface area contributed by atoms with Gasteiger partial charge in [0.1, 0.15) is 4.60 Å². The van der Waals surface area contributed by atoms with Crippen LogP contribution in [-0.4, -0.2) is 4.98 Å². The second kappa shape index (κ2) is 5.10. The highest BCUT2D eigenvalue weighted by molar-refractivity contribution is 9.10. The summed E-state index contributed by atoms with van der Waals surface area (Å²) in [5, 5.41) is 0. The monoisotopic (exact) mass is 241 g/mol. The fourth-order valence-corrected chi connectivity index (χ4v) is 1.94. The molecular weight excluding hydrogens is 233 g/mol. The van der Waals surface area contributed by atoms with Gasteiger partial charge < -0.3 is 0 Å². The van der Waals surface area contributed by atoms with Crippen molar-refractivity contribution < 1.29 is 0 Å². The number of nitrogens with zero attached hydrogens (tertiary/aromatic N) is 1. The zero-order valence-electron chi connectivity index (χ0n) is 6.11. The molecule has 10 heavy (non-hydrogen) atoms. The van der Waals surface area contributed by atoms with E-state index in [1.807, 2.05) is 20.8 Å². The highest BCUT2D eigenvalue weighted by Crippen LogP contribution is 2.25. The van der Waals surface area contributed by atoms with Gasteiger partial charge in [-0.25, -0.2) is 4.98 Å². The molecule has 0 aliphatic carbocycles. The molecule has 0 unspecified atom stereocenters. The van der Waals surface area contributed by atoms with Gasteiger partial charge in [-0.3, -0.25) is 0 Å². The molecular formula is C6H9BrClNS. The van der Waals surface area contributed by atoms with Crippen molar-refractivity contribution in [3.63, 3.8) is 0 Å². The molecule has 0 amide bonds. The number of hydrogen-bond donors (Lipinski definition) is 0. The van der Waals surface area contributed by atoms with E-state index in [4.69, 9.17) is 11.6 Å². The molecule has 0 atom stereocenters. The zero-order valence-corrected chi connectivity index (χ0v) is 9.27. The van der Waals surface area contributed by atoms with E-state index >= 15 is 0 Å². The third-order valence-electron chi connectivity index (χ3n) is 0.714. The Bertz CT molecular complexity index is 180. The quantitative estimate of drug-likeness (QED) is 0.672. The molecule has 0 aromatic carbocycles. The minimum Gasteiger partial charge on any atom is -0.218 e. The second-order valence-electron chi connectivity index (χ2n) is 1.31. The molecule has 1 aromatic rings. The van der Waals surface area contributed by atoms with Crippen LogP contribution in [0.3, 0.4) is 0 Å². The van der Waals surface area contributed by atoms with Crippen LogP contribution >= 0.6 is 38.9 Å². The summed E-state index contributed by atoms with van der Waals surface area (Å²) in [5.74, 6) is 0. The van der Waals surface area contributed by atoms with Crippen LogP contribution in [-0.2, 0) is 0 Å². The lowest BCUT2D eigenvalue weighted by Crippen LogP contribution is -1.61. The first kappa shape index (κ1) is 10.4. The van der Waals surface area contributed by atoms with Crippen LogP contribution in [0.4, 0.5) is 0 Å². The summed E-state index contributed by atoms with van der Waals surface area (Å²) in [7, 11) is 0. The number of thiazole rings is 1. The summed E-state index contributed by atoms with van der Waals surface area (Å²) in [5.41, 5.74) is 0. The van der Waals surface area contributed by atoms with Crippen molar-refractivity contribution in [3.8, 4) is 0 Å². The Labute approximate surface area is 78.6 Å². The molecule has 0 saturated heterocycles. The Morgan fingerprint density at radius 1 is 1.50 bits per heavy atom. The largest absolute Gasteiger partial charge is 0.218 e. The third-order valence-corrected chi connectivity index (χ3v) is 2.82. The van der Waals surface area contributed by atoms with Crippen LogP contribution in [0.2, 0.25) is 4.47 Å². The summed E-state index contributed by atoms with van der Waals surface area (Å²) < 4.78 is 1.45. The molecule has 1 heterocycles. The molecule has 0 aliphatic rings. The minimum absolute atomic E-state index is 0.592. The first-order chi connectivity index (χ1) is 4.70. The van der Waals surface area contributed by atoms with E-state index in [0.29, 0.717) is 4.47 Å². The molecule has 0 fully saturated rings. The molecule has 1 aromatic heterocycles. The Balaban J connectivity index is 0.000000371. The van der Waals surface area contributed by atoms with Gasteiger partial charge in [-0.1, -0.05) is 25.4 Å². The predicted octanol–water partition coefficient (Wildman–Crippen LogP) is 3.89. The van der Waals surface area contributed by atoms with Crippen LogP contribution in [0, 0.1) is 6.92 Å². The van der Waals surface area contributed by atoms with Gasteiger partial charge >= 0.3 is 0 Å². The average Bonchev–Trinajstić information content (AvgIpc) is 2.16. The summed E-state index contributed by atoms with van der Waals surface area (Å²) in [6.45, 7) is 5.97. The molecule has 0 bridgehead atoms. The summed E-state index contributed by atoms with van der Waals surface area (Å²) in [4.78, 5) is 5.03. The smallest absolute Gasteiger partial charge is 0.184 e. The average molecular weight is 243 g/mol. The lowest BCUT2D eigenvalue weighted by Gasteiger charge is -1.74. The van der Waals surface area contributed by atoms with Gasteiger partial charge in [-0.2, -0.15) is 0 Å². The van der Waals surface area contributed by atoms with Gasteiger partial charge in [0.05, 0.1) is 0 Å². The lowest BCUT2D eigenvalue weighted by atomic mass is 10.7. The number of hydrogen-bond acceptors (Lipinski definition) is 2. The molecule has 4 heteroatoms. The number of aromatic nitrogens is 1. The van der Waals surface area contributed by atoms with Crippen LogP contribution < -0.4 is 0 Å². The Morgan fingerprint density at radius 2 is 2.00 bits per heavy atom. The van der Waals surface area contributed by atoms with Gasteiger partial charge in [-0.05, 0) is 22.9 Å². The predicted molar refractivity (Wildman–Crippen MR) is 50.9 cm³/mol. The van der Waals surface area contributed by atoms with E-state index in [0.717, 1.165) is 9.48 Å². The molecule has 0 aliphatic heterocycles. The number of rotatable bonds is 0. The third kappa shape index (κ3) is 2.99.